The van der Waals surface area contributed by atoms with Crippen LogP contribution >= 0.6 is 0 Å². The predicted molar refractivity (Wildman–Crippen MR) is 57.4 cm³/mol. The Morgan fingerprint density at radius 3 is 2.06 bits per heavy atom. The summed E-state index contributed by atoms with van der Waals surface area (Å²) in [5, 5.41) is -4.14. The first-order valence-electron chi connectivity index (χ1n) is 5.85. The van der Waals surface area contributed by atoms with Gasteiger partial charge in [0.2, 0.25) is 0 Å². The summed E-state index contributed by atoms with van der Waals surface area (Å²) in [6.07, 6.45) is 2.13. The van der Waals surface area contributed by atoms with Crippen molar-refractivity contribution in [1.82, 2.24) is 0 Å². The first-order chi connectivity index (χ1) is 7.52. The predicted octanol–water partition coefficient (Wildman–Crippen LogP) is 2.73. The molecule has 2 fully saturated rings. The molecule has 0 N–H and O–H groups in total. The van der Waals surface area contributed by atoms with Crippen molar-refractivity contribution in [1.29, 1.82) is 0 Å². The van der Waals surface area contributed by atoms with Crippen molar-refractivity contribution in [3.8, 4) is 0 Å². The maximum Gasteiger partial charge on any atom is 0.335 e. The zero-order chi connectivity index (χ0) is 13.1. The van der Waals surface area contributed by atoms with E-state index in [2.05, 4.69) is 0 Å². The highest BCUT2D eigenvalue weighted by Crippen LogP contribution is 2.68. The standard InChI is InChI=1S/C11H18F2O3S/c1-9(2)8-3-5-10(9,6-4-8)7-11(12,13)17(14,15)16/h8H,3-7H2,1-2H3,(H,14,15,16)/p-1. The second-order valence-corrected chi connectivity index (χ2v) is 7.55. The molecule has 0 aromatic heterocycles. The Kier molecular flexibility index (Phi) is 2.65. The fourth-order valence-electron chi connectivity index (χ4n) is 3.86. The average Bonchev–Trinajstić information content (AvgIpc) is 2.49. The normalized spacial score (nSPS) is 36.4. The molecule has 2 rings (SSSR count). The van der Waals surface area contributed by atoms with E-state index in [-0.39, 0.29) is 5.41 Å². The number of hydrogen-bond acceptors (Lipinski definition) is 3. The van der Waals surface area contributed by atoms with E-state index in [9.17, 15) is 21.8 Å². The van der Waals surface area contributed by atoms with Gasteiger partial charge in [0.1, 0.15) is 0 Å². The van der Waals surface area contributed by atoms with Gasteiger partial charge in [-0.2, -0.15) is 8.78 Å². The smallest absolute Gasteiger partial charge is 0.335 e. The van der Waals surface area contributed by atoms with E-state index in [1.165, 1.54) is 0 Å². The Morgan fingerprint density at radius 2 is 1.76 bits per heavy atom. The van der Waals surface area contributed by atoms with E-state index in [0.29, 0.717) is 18.8 Å². The van der Waals surface area contributed by atoms with Crippen LogP contribution in [0.4, 0.5) is 8.78 Å². The first-order valence-corrected chi connectivity index (χ1v) is 7.26. The van der Waals surface area contributed by atoms with Gasteiger partial charge in [-0.05, 0) is 42.4 Å². The maximum absolute atomic E-state index is 13.5. The van der Waals surface area contributed by atoms with E-state index in [0.717, 1.165) is 12.8 Å². The molecule has 0 spiro atoms. The van der Waals surface area contributed by atoms with Gasteiger partial charge in [0.05, 0.1) is 0 Å². The third-order valence-corrected chi connectivity index (χ3v) is 6.12. The van der Waals surface area contributed by atoms with Gasteiger partial charge in [-0.25, -0.2) is 8.42 Å². The number of alkyl halides is 2. The lowest BCUT2D eigenvalue weighted by Gasteiger charge is -2.40. The topological polar surface area (TPSA) is 57.2 Å². The zero-order valence-corrected chi connectivity index (χ0v) is 10.8. The van der Waals surface area contributed by atoms with Crippen molar-refractivity contribution >= 4 is 10.1 Å². The maximum atomic E-state index is 13.5. The molecule has 0 aliphatic heterocycles. The Morgan fingerprint density at radius 1 is 1.29 bits per heavy atom. The van der Waals surface area contributed by atoms with Gasteiger partial charge in [-0.1, -0.05) is 13.8 Å². The summed E-state index contributed by atoms with van der Waals surface area (Å²) in [5.74, 6) is 0.382. The fourth-order valence-corrected chi connectivity index (χ4v) is 4.31. The molecule has 0 amide bonds. The molecule has 0 atom stereocenters. The SMILES string of the molecule is CC1(C)C2CCC1(CC(F)(F)S(=O)(=O)[O-])CC2. The molecule has 0 unspecified atom stereocenters. The molecule has 100 valence electrons. The quantitative estimate of drug-likeness (QED) is 0.739. The average molecular weight is 267 g/mol. The van der Waals surface area contributed by atoms with Crippen LogP contribution in [0, 0.1) is 16.7 Å². The molecule has 2 aliphatic carbocycles. The van der Waals surface area contributed by atoms with E-state index in [1.807, 2.05) is 13.8 Å². The summed E-state index contributed by atoms with van der Waals surface area (Å²) in [5.41, 5.74) is -0.972. The molecule has 0 radical (unpaired) electrons. The molecule has 0 aromatic rings. The van der Waals surface area contributed by atoms with Crippen LogP contribution in [0.1, 0.15) is 46.0 Å². The summed E-state index contributed by atoms with van der Waals surface area (Å²) in [6.45, 7) is 3.84. The molecule has 2 saturated carbocycles. The number of rotatable bonds is 3. The van der Waals surface area contributed by atoms with Crippen LogP contribution in [-0.2, 0) is 10.1 Å². The minimum atomic E-state index is -5.55. The third kappa shape index (κ3) is 1.71. The second kappa shape index (κ2) is 3.41. The van der Waals surface area contributed by atoms with Gasteiger partial charge in [-0.15, -0.1) is 0 Å². The van der Waals surface area contributed by atoms with Gasteiger partial charge in [-0.3, -0.25) is 0 Å². The van der Waals surface area contributed by atoms with E-state index < -0.39 is 27.2 Å². The lowest BCUT2D eigenvalue weighted by Crippen LogP contribution is -2.40. The van der Waals surface area contributed by atoms with E-state index in [1.54, 1.807) is 0 Å². The van der Waals surface area contributed by atoms with Gasteiger partial charge < -0.3 is 4.55 Å². The van der Waals surface area contributed by atoms with Crippen LogP contribution in [0.5, 0.6) is 0 Å². The molecule has 0 aromatic carbocycles. The molecular weight excluding hydrogens is 250 g/mol. The summed E-state index contributed by atoms with van der Waals surface area (Å²) in [7, 11) is -5.55. The molecule has 6 heteroatoms. The minimum Gasteiger partial charge on any atom is -0.743 e. The number of halogens is 2. The molecule has 2 aliphatic rings. The van der Waals surface area contributed by atoms with Gasteiger partial charge in [0, 0.05) is 6.42 Å². The Balaban J connectivity index is 2.31. The van der Waals surface area contributed by atoms with Crippen LogP contribution in [0.25, 0.3) is 0 Å². The monoisotopic (exact) mass is 267 g/mol. The number of hydrogen-bond donors (Lipinski definition) is 0. The Hall–Kier alpha value is -0.230. The highest BCUT2D eigenvalue weighted by molar-refractivity contribution is 7.86. The van der Waals surface area contributed by atoms with Crippen molar-refractivity contribution in [3.63, 3.8) is 0 Å². The zero-order valence-electron chi connectivity index (χ0n) is 10.0. The van der Waals surface area contributed by atoms with Crippen LogP contribution in [0.2, 0.25) is 0 Å². The molecule has 0 heterocycles. The van der Waals surface area contributed by atoms with Crippen LogP contribution < -0.4 is 0 Å². The van der Waals surface area contributed by atoms with Crippen molar-refractivity contribution in [2.24, 2.45) is 16.7 Å². The highest BCUT2D eigenvalue weighted by Gasteiger charge is 2.62. The number of fused-ring (bicyclic) bond motifs is 2. The lowest BCUT2D eigenvalue weighted by molar-refractivity contribution is -0.0124. The molecular formula is C11H17F2O3S-. The van der Waals surface area contributed by atoms with Crippen molar-refractivity contribution in [3.05, 3.63) is 0 Å². The van der Waals surface area contributed by atoms with E-state index >= 15 is 0 Å². The minimum absolute atomic E-state index is 0.291. The first kappa shape index (κ1) is 13.2. The third-order valence-electron chi connectivity index (χ3n) is 5.24. The molecule has 0 saturated heterocycles. The Bertz CT molecular complexity index is 420. The fraction of sp³-hybridized carbons (Fsp3) is 1.00. The summed E-state index contributed by atoms with van der Waals surface area (Å²) in [4.78, 5) is 0. The second-order valence-electron chi connectivity index (χ2n) is 6.04. The van der Waals surface area contributed by atoms with Gasteiger partial charge >= 0.3 is 5.25 Å². The van der Waals surface area contributed by atoms with Crippen LogP contribution in [0.15, 0.2) is 0 Å². The van der Waals surface area contributed by atoms with Gasteiger partial charge in [0.15, 0.2) is 10.1 Å². The summed E-state index contributed by atoms with van der Waals surface area (Å²) >= 11 is 0. The summed E-state index contributed by atoms with van der Waals surface area (Å²) in [6, 6.07) is 0. The summed E-state index contributed by atoms with van der Waals surface area (Å²) < 4.78 is 58.8. The van der Waals surface area contributed by atoms with Crippen molar-refractivity contribution in [2.75, 3.05) is 0 Å². The van der Waals surface area contributed by atoms with Crippen molar-refractivity contribution in [2.45, 2.75) is 51.2 Å². The molecule has 17 heavy (non-hydrogen) atoms. The Labute approximate surface area is 100 Å². The molecule has 2 bridgehead atoms. The molecule has 3 nitrogen and oxygen atoms in total. The van der Waals surface area contributed by atoms with Crippen LogP contribution in [0.3, 0.4) is 0 Å². The van der Waals surface area contributed by atoms with E-state index in [4.69, 9.17) is 0 Å². The van der Waals surface area contributed by atoms with Gasteiger partial charge in [0.25, 0.3) is 0 Å². The largest absolute Gasteiger partial charge is 0.743 e. The van der Waals surface area contributed by atoms with Crippen molar-refractivity contribution < 1.29 is 21.8 Å². The van der Waals surface area contributed by atoms with Crippen LogP contribution in [-0.4, -0.2) is 18.2 Å². The lowest BCUT2D eigenvalue weighted by atomic mass is 9.67. The highest BCUT2D eigenvalue weighted by atomic mass is 32.2.